The fraction of sp³-hybridized carbons (Fsp3) is 0.533. The van der Waals surface area contributed by atoms with Crippen molar-refractivity contribution >= 4 is 5.97 Å². The van der Waals surface area contributed by atoms with Gasteiger partial charge in [-0.3, -0.25) is 4.79 Å². The molecule has 0 amide bonds. The Hall–Kier alpha value is -1.55. The Bertz CT molecular complexity index is 442. The first-order valence-corrected chi connectivity index (χ1v) is 6.80. The monoisotopic (exact) mass is 264 g/mol. The second kappa shape index (κ2) is 6.57. The van der Waals surface area contributed by atoms with Crippen molar-refractivity contribution in [3.63, 3.8) is 0 Å². The Morgan fingerprint density at radius 1 is 1.53 bits per heavy atom. The van der Waals surface area contributed by atoms with E-state index in [0.29, 0.717) is 19.6 Å². The molecule has 0 aromatic heterocycles. The smallest absolute Gasteiger partial charge is 0.305 e. The molecule has 0 saturated carbocycles. The van der Waals surface area contributed by atoms with Crippen molar-refractivity contribution in [1.82, 2.24) is 0 Å². The Morgan fingerprint density at radius 2 is 2.37 bits per heavy atom. The SMILES string of the molecule is CCCOC(=O)CCC(O)c1ccc2c(c1)CCO2. The van der Waals surface area contributed by atoms with Gasteiger partial charge in [0.25, 0.3) is 0 Å². The third-order valence-corrected chi connectivity index (χ3v) is 3.19. The molecule has 4 nitrogen and oxygen atoms in total. The molecule has 0 saturated heterocycles. The third-order valence-electron chi connectivity index (χ3n) is 3.19. The van der Waals surface area contributed by atoms with Gasteiger partial charge in [-0.25, -0.2) is 0 Å². The molecule has 4 heteroatoms. The molecule has 1 unspecified atom stereocenters. The van der Waals surface area contributed by atoms with Crippen LogP contribution in [0.3, 0.4) is 0 Å². The number of carbonyl (C=O) groups excluding carboxylic acids is 1. The van der Waals surface area contributed by atoms with Gasteiger partial charge in [0.1, 0.15) is 5.75 Å². The molecule has 1 aliphatic heterocycles. The quantitative estimate of drug-likeness (QED) is 0.801. The Labute approximate surface area is 113 Å². The molecule has 104 valence electrons. The molecule has 0 aliphatic carbocycles. The molecule has 1 heterocycles. The minimum absolute atomic E-state index is 0.245. The lowest BCUT2D eigenvalue weighted by atomic mass is 10.0. The molecule has 2 rings (SSSR count). The topological polar surface area (TPSA) is 55.8 Å². The van der Waals surface area contributed by atoms with Crippen molar-refractivity contribution in [2.45, 2.75) is 38.7 Å². The van der Waals surface area contributed by atoms with Crippen LogP contribution in [0.25, 0.3) is 0 Å². The van der Waals surface area contributed by atoms with Crippen molar-refractivity contribution < 1.29 is 19.4 Å². The number of aliphatic hydroxyl groups is 1. The van der Waals surface area contributed by atoms with Crippen LogP contribution in [0.5, 0.6) is 5.75 Å². The number of benzene rings is 1. The van der Waals surface area contributed by atoms with E-state index in [4.69, 9.17) is 9.47 Å². The van der Waals surface area contributed by atoms with E-state index in [9.17, 15) is 9.90 Å². The van der Waals surface area contributed by atoms with Gasteiger partial charge in [-0.1, -0.05) is 13.0 Å². The van der Waals surface area contributed by atoms with Gasteiger partial charge >= 0.3 is 5.97 Å². The summed E-state index contributed by atoms with van der Waals surface area (Å²) >= 11 is 0. The largest absolute Gasteiger partial charge is 0.493 e. The maximum absolute atomic E-state index is 11.4. The molecular formula is C15H20O4. The van der Waals surface area contributed by atoms with E-state index in [2.05, 4.69) is 0 Å². The predicted octanol–water partition coefficient (Wildman–Crippen LogP) is 2.39. The van der Waals surface area contributed by atoms with Crippen LogP contribution < -0.4 is 4.74 Å². The van der Waals surface area contributed by atoms with E-state index in [1.54, 1.807) is 0 Å². The zero-order valence-electron chi connectivity index (χ0n) is 11.2. The van der Waals surface area contributed by atoms with Crippen LogP contribution in [0.1, 0.15) is 43.4 Å². The van der Waals surface area contributed by atoms with Crippen molar-refractivity contribution in [3.05, 3.63) is 29.3 Å². The maximum atomic E-state index is 11.4. The van der Waals surface area contributed by atoms with Gasteiger partial charge in [0.15, 0.2) is 0 Å². The first-order valence-electron chi connectivity index (χ1n) is 6.80. The van der Waals surface area contributed by atoms with E-state index in [0.717, 1.165) is 29.7 Å². The Morgan fingerprint density at radius 3 is 3.16 bits per heavy atom. The van der Waals surface area contributed by atoms with E-state index >= 15 is 0 Å². The zero-order valence-corrected chi connectivity index (χ0v) is 11.2. The maximum Gasteiger partial charge on any atom is 0.305 e. The van der Waals surface area contributed by atoms with E-state index in [1.165, 1.54) is 0 Å². The normalized spacial score (nSPS) is 14.6. The number of carbonyl (C=O) groups is 1. The summed E-state index contributed by atoms with van der Waals surface area (Å²) < 4.78 is 10.4. The number of hydrogen-bond acceptors (Lipinski definition) is 4. The number of ether oxygens (including phenoxy) is 2. The molecule has 0 fully saturated rings. The Kier molecular flexibility index (Phi) is 4.80. The average Bonchev–Trinajstić information content (AvgIpc) is 2.89. The summed E-state index contributed by atoms with van der Waals surface area (Å²) in [5.41, 5.74) is 1.97. The highest BCUT2D eigenvalue weighted by Gasteiger charge is 2.16. The van der Waals surface area contributed by atoms with E-state index in [-0.39, 0.29) is 12.4 Å². The lowest BCUT2D eigenvalue weighted by molar-refractivity contribution is -0.144. The van der Waals surface area contributed by atoms with Gasteiger partial charge in [0.2, 0.25) is 0 Å². The summed E-state index contributed by atoms with van der Waals surface area (Å²) in [7, 11) is 0. The highest BCUT2D eigenvalue weighted by molar-refractivity contribution is 5.69. The molecular weight excluding hydrogens is 244 g/mol. The summed E-state index contributed by atoms with van der Waals surface area (Å²) in [5, 5.41) is 10.1. The average molecular weight is 264 g/mol. The fourth-order valence-corrected chi connectivity index (χ4v) is 2.12. The number of aliphatic hydroxyl groups excluding tert-OH is 1. The number of hydrogen-bond donors (Lipinski definition) is 1. The third kappa shape index (κ3) is 3.70. The van der Waals surface area contributed by atoms with Crippen LogP contribution in [0.15, 0.2) is 18.2 Å². The van der Waals surface area contributed by atoms with Crippen molar-refractivity contribution in [2.75, 3.05) is 13.2 Å². The van der Waals surface area contributed by atoms with Crippen molar-refractivity contribution in [1.29, 1.82) is 0 Å². The summed E-state index contributed by atoms with van der Waals surface area (Å²) in [4.78, 5) is 11.4. The number of rotatable bonds is 6. The predicted molar refractivity (Wildman–Crippen MR) is 71.1 cm³/mol. The molecule has 1 aromatic carbocycles. The van der Waals surface area contributed by atoms with Gasteiger partial charge in [-0.2, -0.15) is 0 Å². The first-order chi connectivity index (χ1) is 9.20. The van der Waals surface area contributed by atoms with Crippen LogP contribution in [-0.2, 0) is 16.0 Å². The molecule has 19 heavy (non-hydrogen) atoms. The zero-order chi connectivity index (χ0) is 13.7. The van der Waals surface area contributed by atoms with Crippen molar-refractivity contribution in [3.8, 4) is 5.75 Å². The summed E-state index contributed by atoms with van der Waals surface area (Å²) in [6.45, 7) is 3.11. The second-order valence-electron chi connectivity index (χ2n) is 4.74. The van der Waals surface area contributed by atoms with Crippen LogP contribution in [0.2, 0.25) is 0 Å². The molecule has 0 radical (unpaired) electrons. The van der Waals surface area contributed by atoms with Gasteiger partial charge in [-0.05, 0) is 36.1 Å². The van der Waals surface area contributed by atoms with Gasteiger partial charge in [0.05, 0.1) is 19.3 Å². The van der Waals surface area contributed by atoms with Gasteiger partial charge in [0, 0.05) is 12.8 Å². The number of esters is 1. The minimum Gasteiger partial charge on any atom is -0.493 e. The lowest BCUT2D eigenvalue weighted by Crippen LogP contribution is -2.08. The Balaban J connectivity index is 1.86. The molecule has 0 spiro atoms. The van der Waals surface area contributed by atoms with E-state index < -0.39 is 6.10 Å². The van der Waals surface area contributed by atoms with Gasteiger partial charge in [-0.15, -0.1) is 0 Å². The van der Waals surface area contributed by atoms with E-state index in [1.807, 2.05) is 25.1 Å². The van der Waals surface area contributed by atoms with Gasteiger partial charge < -0.3 is 14.6 Å². The minimum atomic E-state index is -0.625. The summed E-state index contributed by atoms with van der Waals surface area (Å²) in [5.74, 6) is 0.656. The molecule has 0 bridgehead atoms. The highest BCUT2D eigenvalue weighted by Crippen LogP contribution is 2.29. The lowest BCUT2D eigenvalue weighted by Gasteiger charge is -2.11. The standard InChI is InChI=1S/C15H20O4/c1-2-8-19-15(17)6-4-13(16)11-3-5-14-12(10-11)7-9-18-14/h3,5,10,13,16H,2,4,6-9H2,1H3. The number of fused-ring (bicyclic) bond motifs is 1. The molecule has 1 atom stereocenters. The summed E-state index contributed by atoms with van der Waals surface area (Å²) in [6, 6.07) is 5.70. The van der Waals surface area contributed by atoms with Crippen LogP contribution in [-0.4, -0.2) is 24.3 Å². The fourth-order valence-electron chi connectivity index (χ4n) is 2.12. The van der Waals surface area contributed by atoms with Crippen LogP contribution in [0.4, 0.5) is 0 Å². The molecule has 1 N–H and O–H groups in total. The molecule has 1 aromatic rings. The second-order valence-corrected chi connectivity index (χ2v) is 4.74. The summed E-state index contributed by atoms with van der Waals surface area (Å²) in [6.07, 6.45) is 1.71. The highest BCUT2D eigenvalue weighted by atomic mass is 16.5. The first kappa shape index (κ1) is 13.9. The van der Waals surface area contributed by atoms with Crippen LogP contribution in [0, 0.1) is 0 Å². The molecule has 1 aliphatic rings. The van der Waals surface area contributed by atoms with Crippen LogP contribution >= 0.6 is 0 Å². The van der Waals surface area contributed by atoms with Crippen molar-refractivity contribution in [2.24, 2.45) is 0 Å².